The summed E-state index contributed by atoms with van der Waals surface area (Å²) in [4.78, 5) is 20.0. The second-order valence-corrected chi connectivity index (χ2v) is 9.64. The molecule has 0 radical (unpaired) electrons. The summed E-state index contributed by atoms with van der Waals surface area (Å²) < 4.78 is 17.9. The van der Waals surface area contributed by atoms with Gasteiger partial charge < -0.3 is 24.6 Å². The molecule has 1 fully saturated rings. The molecule has 0 spiro atoms. The Bertz CT molecular complexity index is 1440. The molecule has 39 heavy (non-hydrogen) atoms. The second-order valence-electron chi connectivity index (χ2n) is 9.64. The quantitative estimate of drug-likeness (QED) is 0.296. The number of carbonyl (C=O) groups is 1. The number of aryl methyl sites for hydroxylation is 1. The van der Waals surface area contributed by atoms with Gasteiger partial charge >= 0.3 is 0 Å². The van der Waals surface area contributed by atoms with Gasteiger partial charge in [-0.1, -0.05) is 42.0 Å². The number of β-amino-alcohol motifs (C(OH)–C–C–N with tert-alkyl or cyclic N) is 1. The normalized spacial score (nSPS) is 14.6. The highest BCUT2D eigenvalue weighted by Crippen LogP contribution is 2.38. The molecule has 8 nitrogen and oxygen atoms in total. The first-order chi connectivity index (χ1) is 19.0. The molecule has 1 atom stereocenters. The van der Waals surface area contributed by atoms with E-state index >= 15 is 0 Å². The van der Waals surface area contributed by atoms with Gasteiger partial charge in [-0.2, -0.15) is 0 Å². The van der Waals surface area contributed by atoms with Crippen LogP contribution in [0.15, 0.2) is 72.9 Å². The van der Waals surface area contributed by atoms with E-state index < -0.39 is 6.10 Å². The average molecular weight is 528 g/mol. The van der Waals surface area contributed by atoms with E-state index in [1.165, 1.54) is 0 Å². The molecule has 2 heterocycles. The molecule has 3 aromatic carbocycles. The molecular formula is C31H33N3O5. The highest BCUT2D eigenvalue weighted by Gasteiger charge is 2.19. The van der Waals surface area contributed by atoms with Crippen LogP contribution in [0.25, 0.3) is 10.9 Å². The Morgan fingerprint density at radius 1 is 1.00 bits per heavy atom. The number of aliphatic hydroxyl groups excluding tert-OH is 1. The highest BCUT2D eigenvalue weighted by molar-refractivity contribution is 6.11. The minimum Gasteiger partial charge on any atom is -0.493 e. The Morgan fingerprint density at radius 3 is 2.56 bits per heavy atom. The fourth-order valence-electron chi connectivity index (χ4n) is 4.69. The fraction of sp³-hybridized carbons (Fsp3) is 0.290. The van der Waals surface area contributed by atoms with Crippen LogP contribution < -0.4 is 19.5 Å². The summed E-state index contributed by atoms with van der Waals surface area (Å²) >= 11 is 0. The van der Waals surface area contributed by atoms with Crippen molar-refractivity contribution in [3.63, 3.8) is 0 Å². The van der Waals surface area contributed by atoms with Crippen molar-refractivity contribution in [3.8, 4) is 23.0 Å². The molecular weight excluding hydrogens is 494 g/mol. The van der Waals surface area contributed by atoms with Crippen LogP contribution >= 0.6 is 0 Å². The fourth-order valence-corrected chi connectivity index (χ4v) is 4.69. The first kappa shape index (κ1) is 26.6. The molecule has 0 aliphatic carbocycles. The standard InChI is InChI=1S/C31H33N3O5/c1-21-8-9-27(25(16-21)31(36)22-6-4-3-5-7-22)39-28-10-11-33-26-18-30(29(37-2)17-24(26)28)38-20-23(35)19-34-14-12-32-13-15-34/h3-11,16-18,23,32,35H,12-15,19-20H2,1-2H3. The number of piperazine rings is 1. The number of ketones is 1. The Morgan fingerprint density at radius 2 is 1.79 bits per heavy atom. The Hall–Kier alpha value is -3.98. The predicted octanol–water partition coefficient (Wildman–Crippen LogP) is 4.22. The van der Waals surface area contributed by atoms with E-state index in [-0.39, 0.29) is 12.4 Å². The molecule has 0 amide bonds. The predicted molar refractivity (Wildman–Crippen MR) is 150 cm³/mol. The molecule has 0 bridgehead atoms. The van der Waals surface area contributed by atoms with E-state index in [9.17, 15) is 9.90 Å². The van der Waals surface area contributed by atoms with E-state index in [4.69, 9.17) is 14.2 Å². The van der Waals surface area contributed by atoms with Gasteiger partial charge in [0.05, 0.1) is 18.2 Å². The maximum absolute atomic E-state index is 13.3. The van der Waals surface area contributed by atoms with Crippen molar-refractivity contribution in [2.24, 2.45) is 0 Å². The van der Waals surface area contributed by atoms with Gasteiger partial charge in [-0.3, -0.25) is 14.7 Å². The van der Waals surface area contributed by atoms with Crippen LogP contribution in [0.4, 0.5) is 0 Å². The summed E-state index contributed by atoms with van der Waals surface area (Å²) in [6, 6.07) is 20.1. The summed E-state index contributed by atoms with van der Waals surface area (Å²) in [5.41, 5.74) is 2.68. The number of ether oxygens (including phenoxy) is 3. The van der Waals surface area contributed by atoms with Crippen molar-refractivity contribution >= 4 is 16.7 Å². The lowest BCUT2D eigenvalue weighted by atomic mass is 10.0. The molecule has 2 N–H and O–H groups in total. The maximum Gasteiger partial charge on any atom is 0.196 e. The van der Waals surface area contributed by atoms with Crippen molar-refractivity contribution in [2.45, 2.75) is 13.0 Å². The topological polar surface area (TPSA) is 93.2 Å². The van der Waals surface area contributed by atoms with Crippen molar-refractivity contribution in [3.05, 3.63) is 89.6 Å². The van der Waals surface area contributed by atoms with Crippen LogP contribution in [0.2, 0.25) is 0 Å². The molecule has 1 aliphatic rings. The number of nitrogens with zero attached hydrogens (tertiary/aromatic N) is 2. The van der Waals surface area contributed by atoms with Gasteiger partial charge in [0, 0.05) is 55.9 Å². The minimum atomic E-state index is -0.631. The van der Waals surface area contributed by atoms with E-state index in [1.807, 2.05) is 49.4 Å². The third-order valence-corrected chi connectivity index (χ3v) is 6.73. The van der Waals surface area contributed by atoms with E-state index in [2.05, 4.69) is 15.2 Å². The van der Waals surface area contributed by atoms with Crippen LogP contribution in [-0.2, 0) is 0 Å². The monoisotopic (exact) mass is 527 g/mol. The zero-order valence-electron chi connectivity index (χ0n) is 22.2. The van der Waals surface area contributed by atoms with E-state index in [1.54, 1.807) is 37.6 Å². The first-order valence-electron chi connectivity index (χ1n) is 13.1. The summed E-state index contributed by atoms with van der Waals surface area (Å²) in [7, 11) is 1.57. The SMILES string of the molecule is COc1cc2c(Oc3ccc(C)cc3C(=O)c3ccccc3)ccnc2cc1OCC(O)CN1CCNCC1. The number of fused-ring (bicyclic) bond motifs is 1. The minimum absolute atomic E-state index is 0.111. The van der Waals surface area contributed by atoms with E-state index in [0.717, 1.165) is 31.7 Å². The molecule has 4 aromatic rings. The van der Waals surface area contributed by atoms with Gasteiger partial charge in [0.2, 0.25) is 0 Å². The average Bonchev–Trinajstić information content (AvgIpc) is 2.97. The number of carbonyl (C=O) groups excluding carboxylic acids is 1. The number of aliphatic hydroxyl groups is 1. The van der Waals surface area contributed by atoms with Crippen molar-refractivity contribution in [1.29, 1.82) is 0 Å². The number of benzene rings is 3. The lowest BCUT2D eigenvalue weighted by Crippen LogP contribution is -2.47. The molecule has 1 aliphatic heterocycles. The smallest absolute Gasteiger partial charge is 0.196 e. The van der Waals surface area contributed by atoms with Gasteiger partial charge in [-0.15, -0.1) is 0 Å². The number of pyridine rings is 1. The number of nitrogens with one attached hydrogen (secondary N) is 1. The number of hydrogen-bond acceptors (Lipinski definition) is 8. The van der Waals surface area contributed by atoms with Crippen LogP contribution in [-0.4, -0.2) is 73.3 Å². The van der Waals surface area contributed by atoms with Crippen LogP contribution in [0.3, 0.4) is 0 Å². The van der Waals surface area contributed by atoms with Crippen LogP contribution in [0.1, 0.15) is 21.5 Å². The summed E-state index contributed by atoms with van der Waals surface area (Å²) in [6.45, 7) is 6.29. The van der Waals surface area contributed by atoms with Gasteiger partial charge in [0.15, 0.2) is 17.3 Å². The number of hydrogen-bond donors (Lipinski definition) is 2. The number of aromatic nitrogens is 1. The molecule has 5 rings (SSSR count). The lowest BCUT2D eigenvalue weighted by molar-refractivity contribution is 0.0632. The third-order valence-electron chi connectivity index (χ3n) is 6.73. The maximum atomic E-state index is 13.3. The number of rotatable bonds is 10. The van der Waals surface area contributed by atoms with Crippen molar-refractivity contribution in [2.75, 3.05) is 46.4 Å². The second kappa shape index (κ2) is 12.3. The Kier molecular flexibility index (Phi) is 8.36. The summed E-state index contributed by atoms with van der Waals surface area (Å²) in [6.07, 6.45) is 1.02. The van der Waals surface area contributed by atoms with Gasteiger partial charge in [0.25, 0.3) is 0 Å². The zero-order valence-corrected chi connectivity index (χ0v) is 22.2. The van der Waals surface area contributed by atoms with E-state index in [0.29, 0.717) is 51.6 Å². The van der Waals surface area contributed by atoms with Crippen molar-refractivity contribution in [1.82, 2.24) is 15.2 Å². The van der Waals surface area contributed by atoms with Crippen molar-refractivity contribution < 1.29 is 24.1 Å². The molecule has 202 valence electrons. The lowest BCUT2D eigenvalue weighted by Gasteiger charge is -2.29. The zero-order chi connectivity index (χ0) is 27.2. The van der Waals surface area contributed by atoms with Gasteiger partial charge in [-0.05, 0) is 31.2 Å². The van der Waals surface area contributed by atoms with Gasteiger partial charge in [0.1, 0.15) is 24.2 Å². The Labute approximate surface area is 228 Å². The molecule has 8 heteroatoms. The molecule has 1 unspecified atom stereocenters. The first-order valence-corrected chi connectivity index (χ1v) is 13.1. The largest absolute Gasteiger partial charge is 0.493 e. The van der Waals surface area contributed by atoms with Crippen LogP contribution in [0, 0.1) is 6.92 Å². The summed E-state index contributed by atoms with van der Waals surface area (Å²) in [5.74, 6) is 1.87. The molecule has 1 aromatic heterocycles. The number of methoxy groups -OCH3 is 1. The van der Waals surface area contributed by atoms with Gasteiger partial charge in [-0.25, -0.2) is 0 Å². The molecule has 1 saturated heterocycles. The summed E-state index contributed by atoms with van der Waals surface area (Å²) in [5, 5.41) is 14.6. The Balaban J connectivity index is 1.39. The van der Waals surface area contributed by atoms with Crippen LogP contribution in [0.5, 0.6) is 23.0 Å². The molecule has 0 saturated carbocycles. The third kappa shape index (κ3) is 6.37. The highest BCUT2D eigenvalue weighted by atomic mass is 16.5.